The smallest absolute Gasteiger partial charge is 0.191 e. The Morgan fingerprint density at radius 2 is 2.04 bits per heavy atom. The number of unbranched alkanes of at least 4 members (excludes halogenated alkanes) is 1. The lowest BCUT2D eigenvalue weighted by atomic mass is 10.0. The number of imidazole rings is 1. The number of hydrogen-bond acceptors (Lipinski definition) is 4. The quantitative estimate of drug-likeness (QED) is 0.370. The van der Waals surface area contributed by atoms with Gasteiger partial charge in [0.1, 0.15) is 5.82 Å². The second-order valence-corrected chi connectivity index (χ2v) is 7.69. The van der Waals surface area contributed by atoms with Crippen molar-refractivity contribution in [3.8, 4) is 0 Å². The Kier molecular flexibility index (Phi) is 9.62. The average Bonchev–Trinajstić information content (AvgIpc) is 3.08. The summed E-state index contributed by atoms with van der Waals surface area (Å²) in [7, 11) is 1.84. The van der Waals surface area contributed by atoms with E-state index in [1.54, 1.807) is 0 Å². The zero-order chi connectivity index (χ0) is 19.5. The Labute approximate surface area is 164 Å². The molecule has 1 aromatic rings. The number of guanidine groups is 1. The number of rotatable bonds is 10. The molecule has 27 heavy (non-hydrogen) atoms. The summed E-state index contributed by atoms with van der Waals surface area (Å²) < 4.78 is 7.71. The maximum absolute atomic E-state index is 5.51. The molecule has 1 saturated heterocycles. The maximum atomic E-state index is 5.51. The van der Waals surface area contributed by atoms with E-state index >= 15 is 0 Å². The van der Waals surface area contributed by atoms with Crippen LogP contribution in [0, 0.1) is 12.8 Å². The molecule has 2 heterocycles. The zero-order valence-electron chi connectivity index (χ0n) is 17.6. The Bertz CT molecular complexity index is 550. The van der Waals surface area contributed by atoms with Gasteiger partial charge in [0.15, 0.2) is 5.96 Å². The number of morpholine rings is 1. The van der Waals surface area contributed by atoms with Crippen molar-refractivity contribution in [1.29, 1.82) is 0 Å². The van der Waals surface area contributed by atoms with E-state index in [0.717, 1.165) is 70.6 Å². The molecule has 0 spiro atoms. The van der Waals surface area contributed by atoms with Crippen LogP contribution in [0.4, 0.5) is 0 Å². The highest BCUT2D eigenvalue weighted by atomic mass is 16.5. The van der Waals surface area contributed by atoms with E-state index in [2.05, 4.69) is 43.9 Å². The number of nitrogens with one attached hydrogen (secondary N) is 2. The third-order valence-corrected chi connectivity index (χ3v) is 5.08. The van der Waals surface area contributed by atoms with Crippen molar-refractivity contribution in [2.45, 2.75) is 52.6 Å². The van der Waals surface area contributed by atoms with Crippen molar-refractivity contribution in [1.82, 2.24) is 25.1 Å². The molecule has 2 N–H and O–H groups in total. The molecule has 1 atom stereocenters. The second kappa shape index (κ2) is 12.0. The first-order valence-corrected chi connectivity index (χ1v) is 10.3. The SMILES string of the molecule is CN=C(NCCCCn1ccnc1C)NCC(CC(C)C)N1CCOCC1. The largest absolute Gasteiger partial charge is 0.379 e. The first kappa shape index (κ1) is 21.7. The van der Waals surface area contributed by atoms with Crippen molar-refractivity contribution >= 4 is 5.96 Å². The number of aryl methyl sites for hydroxylation is 2. The molecule has 154 valence electrons. The fourth-order valence-corrected chi connectivity index (χ4v) is 3.54. The van der Waals surface area contributed by atoms with Crippen molar-refractivity contribution in [3.05, 3.63) is 18.2 Å². The first-order chi connectivity index (χ1) is 13.1. The van der Waals surface area contributed by atoms with E-state index in [4.69, 9.17) is 4.74 Å². The van der Waals surface area contributed by atoms with Crippen LogP contribution in [-0.2, 0) is 11.3 Å². The van der Waals surface area contributed by atoms with Gasteiger partial charge in [0.2, 0.25) is 0 Å². The van der Waals surface area contributed by atoms with Crippen LogP contribution < -0.4 is 10.6 Å². The lowest BCUT2D eigenvalue weighted by Crippen LogP contribution is -2.51. The minimum atomic E-state index is 0.525. The molecule has 1 fully saturated rings. The van der Waals surface area contributed by atoms with Gasteiger partial charge in [0.05, 0.1) is 13.2 Å². The normalized spacial score (nSPS) is 17.3. The van der Waals surface area contributed by atoms with E-state index in [-0.39, 0.29) is 0 Å². The molecular formula is C20H38N6O. The van der Waals surface area contributed by atoms with Gasteiger partial charge in [-0.25, -0.2) is 4.98 Å². The van der Waals surface area contributed by atoms with E-state index in [1.807, 2.05) is 26.4 Å². The van der Waals surface area contributed by atoms with Crippen LogP contribution in [0.15, 0.2) is 17.4 Å². The van der Waals surface area contributed by atoms with Gasteiger partial charge in [0.25, 0.3) is 0 Å². The van der Waals surface area contributed by atoms with E-state index in [1.165, 1.54) is 6.42 Å². The number of aromatic nitrogens is 2. The van der Waals surface area contributed by atoms with E-state index < -0.39 is 0 Å². The van der Waals surface area contributed by atoms with Gasteiger partial charge in [-0.05, 0) is 32.1 Å². The Balaban J connectivity index is 1.68. The van der Waals surface area contributed by atoms with E-state index in [0.29, 0.717) is 12.0 Å². The average molecular weight is 379 g/mol. The second-order valence-electron chi connectivity index (χ2n) is 7.69. The molecule has 0 aromatic carbocycles. The highest BCUT2D eigenvalue weighted by Gasteiger charge is 2.22. The van der Waals surface area contributed by atoms with Gasteiger partial charge < -0.3 is 19.9 Å². The molecule has 2 rings (SSSR count). The van der Waals surface area contributed by atoms with Gasteiger partial charge in [-0.15, -0.1) is 0 Å². The molecule has 0 radical (unpaired) electrons. The monoisotopic (exact) mass is 378 g/mol. The third-order valence-electron chi connectivity index (χ3n) is 5.08. The lowest BCUT2D eigenvalue weighted by molar-refractivity contribution is 0.0132. The van der Waals surface area contributed by atoms with E-state index in [9.17, 15) is 0 Å². The third kappa shape index (κ3) is 7.89. The summed E-state index contributed by atoms with van der Waals surface area (Å²) in [6, 6.07) is 0.525. The molecule has 1 unspecified atom stereocenters. The number of ether oxygens (including phenoxy) is 1. The van der Waals surface area contributed by atoms with Crippen molar-refractivity contribution in [2.24, 2.45) is 10.9 Å². The molecule has 0 saturated carbocycles. The van der Waals surface area contributed by atoms with Crippen molar-refractivity contribution < 1.29 is 4.74 Å². The number of nitrogens with zero attached hydrogens (tertiary/aromatic N) is 4. The molecule has 7 heteroatoms. The maximum Gasteiger partial charge on any atom is 0.191 e. The van der Waals surface area contributed by atoms with Gasteiger partial charge in [-0.1, -0.05) is 13.8 Å². The fraction of sp³-hybridized carbons (Fsp3) is 0.800. The summed E-state index contributed by atoms with van der Waals surface area (Å²) >= 11 is 0. The summed E-state index contributed by atoms with van der Waals surface area (Å²) in [5.74, 6) is 2.66. The Morgan fingerprint density at radius 1 is 1.26 bits per heavy atom. The van der Waals surface area contributed by atoms with Crippen LogP contribution >= 0.6 is 0 Å². The van der Waals surface area contributed by atoms with Crippen LogP contribution in [0.25, 0.3) is 0 Å². The Hall–Kier alpha value is -1.60. The molecule has 7 nitrogen and oxygen atoms in total. The van der Waals surface area contributed by atoms with Gasteiger partial charge in [-0.2, -0.15) is 0 Å². The predicted octanol–water partition coefficient (Wildman–Crippen LogP) is 1.88. The standard InChI is InChI=1S/C20H38N6O/c1-17(2)15-19(26-11-13-27-14-12-26)16-24-20(21-4)23-7-5-6-9-25-10-8-22-18(25)3/h8,10,17,19H,5-7,9,11-16H2,1-4H3,(H2,21,23,24). The lowest BCUT2D eigenvalue weighted by Gasteiger charge is -2.35. The highest BCUT2D eigenvalue weighted by Crippen LogP contribution is 2.13. The molecule has 0 amide bonds. The first-order valence-electron chi connectivity index (χ1n) is 10.3. The van der Waals surface area contributed by atoms with Crippen LogP contribution in [0.3, 0.4) is 0 Å². The van der Waals surface area contributed by atoms with Crippen molar-refractivity contribution in [3.63, 3.8) is 0 Å². The van der Waals surface area contributed by atoms with Gasteiger partial charge >= 0.3 is 0 Å². The molecule has 0 aliphatic carbocycles. The van der Waals surface area contributed by atoms with Gasteiger partial charge in [0, 0.05) is 58.2 Å². The van der Waals surface area contributed by atoms with Crippen LogP contribution in [-0.4, -0.2) is 72.9 Å². The fourth-order valence-electron chi connectivity index (χ4n) is 3.54. The van der Waals surface area contributed by atoms with Crippen LogP contribution in [0.2, 0.25) is 0 Å². The zero-order valence-corrected chi connectivity index (χ0v) is 17.6. The Morgan fingerprint density at radius 3 is 2.67 bits per heavy atom. The predicted molar refractivity (Wildman–Crippen MR) is 111 cm³/mol. The molecule has 1 aliphatic heterocycles. The number of hydrogen-bond donors (Lipinski definition) is 2. The summed E-state index contributed by atoms with van der Waals surface area (Å²) in [6.07, 6.45) is 7.33. The van der Waals surface area contributed by atoms with Crippen molar-refractivity contribution in [2.75, 3.05) is 46.4 Å². The van der Waals surface area contributed by atoms with Crippen LogP contribution in [0.5, 0.6) is 0 Å². The molecular weight excluding hydrogens is 340 g/mol. The summed E-state index contributed by atoms with van der Waals surface area (Å²) in [5, 5.41) is 6.97. The molecule has 1 aliphatic rings. The summed E-state index contributed by atoms with van der Waals surface area (Å²) in [5.41, 5.74) is 0. The highest BCUT2D eigenvalue weighted by molar-refractivity contribution is 5.79. The number of aliphatic imine (C=N–C) groups is 1. The minimum absolute atomic E-state index is 0.525. The minimum Gasteiger partial charge on any atom is -0.379 e. The summed E-state index contributed by atoms with van der Waals surface area (Å²) in [6.45, 7) is 13.3. The topological polar surface area (TPSA) is 66.7 Å². The van der Waals surface area contributed by atoms with Gasteiger partial charge in [-0.3, -0.25) is 9.89 Å². The summed E-state index contributed by atoms with van der Waals surface area (Å²) in [4.78, 5) is 11.2. The molecule has 1 aromatic heterocycles. The van der Waals surface area contributed by atoms with Crippen LogP contribution in [0.1, 0.15) is 38.9 Å². The molecule has 0 bridgehead atoms.